The summed E-state index contributed by atoms with van der Waals surface area (Å²) in [6.07, 6.45) is 0.342. The molecule has 0 saturated carbocycles. The summed E-state index contributed by atoms with van der Waals surface area (Å²) in [5.74, 6) is 1.12. The number of carbonyl (C=O) groups is 1. The average Bonchev–Trinajstić information content (AvgIpc) is 3.31. The number of nitrogens with zero attached hydrogens (tertiary/aromatic N) is 3. The molecule has 0 radical (unpaired) electrons. The third-order valence-corrected chi connectivity index (χ3v) is 5.13. The molecule has 1 aliphatic heterocycles. The molecular formula is C22H22FN3O2. The number of hydrogen-bond donors (Lipinski definition) is 0. The monoisotopic (exact) mass is 379 g/mol. The van der Waals surface area contributed by atoms with Gasteiger partial charge in [-0.15, -0.1) is 0 Å². The van der Waals surface area contributed by atoms with Crippen LogP contribution in [0.2, 0.25) is 0 Å². The molecule has 5 nitrogen and oxygen atoms in total. The molecule has 0 aliphatic carbocycles. The van der Waals surface area contributed by atoms with Gasteiger partial charge in [0.25, 0.3) is 0 Å². The predicted molar refractivity (Wildman–Crippen MR) is 103 cm³/mol. The maximum atomic E-state index is 13.1. The first-order valence-corrected chi connectivity index (χ1v) is 9.46. The summed E-state index contributed by atoms with van der Waals surface area (Å²) in [5, 5.41) is 4.09. The summed E-state index contributed by atoms with van der Waals surface area (Å²) in [4.78, 5) is 18.6. The number of halogens is 1. The second kappa shape index (κ2) is 7.54. The summed E-state index contributed by atoms with van der Waals surface area (Å²) in [6.45, 7) is 5.27. The highest BCUT2D eigenvalue weighted by Crippen LogP contribution is 2.30. The molecule has 4 rings (SSSR count). The van der Waals surface area contributed by atoms with Crippen molar-refractivity contribution >= 4 is 5.91 Å². The van der Waals surface area contributed by atoms with E-state index in [1.807, 2.05) is 12.1 Å². The van der Waals surface area contributed by atoms with Gasteiger partial charge in [0.1, 0.15) is 5.82 Å². The molecule has 1 fully saturated rings. The first kappa shape index (κ1) is 18.3. The minimum atomic E-state index is -0.283. The first-order valence-electron chi connectivity index (χ1n) is 9.46. The van der Waals surface area contributed by atoms with Crippen molar-refractivity contribution in [3.8, 4) is 11.4 Å². The topological polar surface area (TPSA) is 59.2 Å². The average molecular weight is 379 g/mol. The Morgan fingerprint density at radius 2 is 1.86 bits per heavy atom. The van der Waals surface area contributed by atoms with E-state index in [0.29, 0.717) is 37.1 Å². The standard InChI is InChI=1S/C22H22FN3O2/c1-14(2)16-5-7-17(8-6-16)21-24-22(28-25-21)18-11-20(27)26(13-18)12-15-3-9-19(23)10-4-15/h3-10,14,18H,11-13H2,1-2H3. The van der Waals surface area contributed by atoms with Crippen LogP contribution in [-0.2, 0) is 11.3 Å². The van der Waals surface area contributed by atoms with Crippen molar-refractivity contribution in [2.75, 3.05) is 6.54 Å². The summed E-state index contributed by atoms with van der Waals surface area (Å²) >= 11 is 0. The van der Waals surface area contributed by atoms with E-state index in [1.165, 1.54) is 17.7 Å². The van der Waals surface area contributed by atoms with Crippen LogP contribution < -0.4 is 0 Å². The molecule has 1 aromatic heterocycles. The highest BCUT2D eigenvalue weighted by atomic mass is 19.1. The lowest BCUT2D eigenvalue weighted by atomic mass is 10.0. The van der Waals surface area contributed by atoms with Crippen molar-refractivity contribution in [1.82, 2.24) is 15.0 Å². The zero-order valence-electron chi connectivity index (χ0n) is 15.9. The highest BCUT2D eigenvalue weighted by Gasteiger charge is 2.34. The lowest BCUT2D eigenvalue weighted by Crippen LogP contribution is -2.24. The summed E-state index contributed by atoms with van der Waals surface area (Å²) in [6, 6.07) is 14.3. The van der Waals surface area contributed by atoms with E-state index in [1.54, 1.807) is 17.0 Å². The Labute approximate surface area is 163 Å². The fraction of sp³-hybridized carbons (Fsp3) is 0.318. The number of benzene rings is 2. The van der Waals surface area contributed by atoms with Gasteiger partial charge in [-0.25, -0.2) is 4.39 Å². The van der Waals surface area contributed by atoms with Crippen LogP contribution in [0.4, 0.5) is 4.39 Å². The van der Waals surface area contributed by atoms with Gasteiger partial charge in [0.15, 0.2) is 0 Å². The largest absolute Gasteiger partial charge is 0.339 e. The van der Waals surface area contributed by atoms with Crippen LogP contribution in [0, 0.1) is 5.82 Å². The highest BCUT2D eigenvalue weighted by molar-refractivity contribution is 5.79. The molecular weight excluding hydrogens is 357 g/mol. The number of amides is 1. The van der Waals surface area contributed by atoms with E-state index in [9.17, 15) is 9.18 Å². The van der Waals surface area contributed by atoms with Crippen molar-refractivity contribution in [2.24, 2.45) is 0 Å². The van der Waals surface area contributed by atoms with Crippen LogP contribution in [-0.4, -0.2) is 27.5 Å². The van der Waals surface area contributed by atoms with E-state index in [4.69, 9.17) is 4.52 Å². The molecule has 28 heavy (non-hydrogen) atoms. The van der Waals surface area contributed by atoms with Gasteiger partial charge in [-0.1, -0.05) is 55.4 Å². The molecule has 144 valence electrons. The SMILES string of the molecule is CC(C)c1ccc(-c2noc(C3CC(=O)N(Cc4ccc(F)cc4)C3)n2)cc1. The van der Waals surface area contributed by atoms with E-state index < -0.39 is 0 Å². The zero-order valence-corrected chi connectivity index (χ0v) is 15.9. The molecule has 6 heteroatoms. The van der Waals surface area contributed by atoms with Crippen molar-refractivity contribution in [2.45, 2.75) is 38.6 Å². The Balaban J connectivity index is 1.45. The van der Waals surface area contributed by atoms with Crippen LogP contribution in [0.3, 0.4) is 0 Å². The van der Waals surface area contributed by atoms with E-state index in [-0.39, 0.29) is 17.6 Å². The minimum Gasteiger partial charge on any atom is -0.339 e. The van der Waals surface area contributed by atoms with E-state index >= 15 is 0 Å². The van der Waals surface area contributed by atoms with Gasteiger partial charge in [-0.2, -0.15) is 4.98 Å². The maximum Gasteiger partial charge on any atom is 0.232 e. The molecule has 3 aromatic rings. The third kappa shape index (κ3) is 3.81. The van der Waals surface area contributed by atoms with Crippen molar-refractivity contribution < 1.29 is 13.7 Å². The van der Waals surface area contributed by atoms with Gasteiger partial charge in [0.05, 0.1) is 5.92 Å². The van der Waals surface area contributed by atoms with Gasteiger partial charge in [-0.3, -0.25) is 4.79 Å². The fourth-order valence-corrected chi connectivity index (χ4v) is 3.44. The molecule has 0 spiro atoms. The Bertz CT molecular complexity index is 964. The number of rotatable bonds is 5. The van der Waals surface area contributed by atoms with E-state index in [0.717, 1.165) is 11.1 Å². The Kier molecular flexibility index (Phi) is 4.94. The molecule has 2 aromatic carbocycles. The number of aromatic nitrogens is 2. The lowest BCUT2D eigenvalue weighted by molar-refractivity contribution is -0.128. The quantitative estimate of drug-likeness (QED) is 0.654. The second-order valence-electron chi connectivity index (χ2n) is 7.53. The zero-order chi connectivity index (χ0) is 19.7. The van der Waals surface area contributed by atoms with Crippen LogP contribution in [0.15, 0.2) is 53.1 Å². The summed E-state index contributed by atoms with van der Waals surface area (Å²) in [5.41, 5.74) is 3.05. The second-order valence-corrected chi connectivity index (χ2v) is 7.53. The lowest BCUT2D eigenvalue weighted by Gasteiger charge is -2.15. The molecule has 1 aliphatic rings. The van der Waals surface area contributed by atoms with Crippen LogP contribution in [0.5, 0.6) is 0 Å². The van der Waals surface area contributed by atoms with E-state index in [2.05, 4.69) is 36.1 Å². The molecule has 1 unspecified atom stereocenters. The molecule has 0 N–H and O–H groups in total. The van der Waals surface area contributed by atoms with Gasteiger partial charge in [0.2, 0.25) is 17.6 Å². The number of likely N-dealkylation sites (tertiary alicyclic amines) is 1. The normalized spacial score (nSPS) is 16.9. The van der Waals surface area contributed by atoms with Gasteiger partial charge >= 0.3 is 0 Å². The summed E-state index contributed by atoms with van der Waals surface area (Å²) < 4.78 is 18.5. The molecule has 1 atom stereocenters. The first-order chi connectivity index (χ1) is 13.5. The van der Waals surface area contributed by atoms with Crippen LogP contribution in [0.1, 0.15) is 49.1 Å². The number of hydrogen-bond acceptors (Lipinski definition) is 4. The van der Waals surface area contributed by atoms with Crippen LogP contribution >= 0.6 is 0 Å². The molecule has 2 heterocycles. The van der Waals surface area contributed by atoms with Gasteiger partial charge < -0.3 is 9.42 Å². The Hall–Kier alpha value is -3.02. The van der Waals surface area contributed by atoms with Crippen molar-refractivity contribution in [1.29, 1.82) is 0 Å². The van der Waals surface area contributed by atoms with Crippen molar-refractivity contribution in [3.05, 3.63) is 71.4 Å². The molecule has 1 saturated heterocycles. The number of carbonyl (C=O) groups excluding carboxylic acids is 1. The molecule has 0 bridgehead atoms. The van der Waals surface area contributed by atoms with Crippen molar-refractivity contribution in [3.63, 3.8) is 0 Å². The Morgan fingerprint density at radius 3 is 2.54 bits per heavy atom. The Morgan fingerprint density at radius 1 is 1.14 bits per heavy atom. The maximum absolute atomic E-state index is 13.1. The van der Waals surface area contributed by atoms with Gasteiger partial charge in [-0.05, 0) is 29.2 Å². The summed E-state index contributed by atoms with van der Waals surface area (Å²) in [7, 11) is 0. The third-order valence-electron chi connectivity index (χ3n) is 5.13. The fourth-order valence-electron chi connectivity index (χ4n) is 3.44. The minimum absolute atomic E-state index is 0.0374. The molecule has 1 amide bonds. The smallest absolute Gasteiger partial charge is 0.232 e. The van der Waals surface area contributed by atoms with Crippen LogP contribution in [0.25, 0.3) is 11.4 Å². The predicted octanol–water partition coefficient (Wildman–Crippen LogP) is 4.52. The van der Waals surface area contributed by atoms with Gasteiger partial charge in [0, 0.05) is 25.1 Å².